The van der Waals surface area contributed by atoms with E-state index in [-0.39, 0.29) is 13.2 Å². The third kappa shape index (κ3) is 6.16. The summed E-state index contributed by atoms with van der Waals surface area (Å²) in [6.45, 7) is 8.52. The molecule has 7 nitrogen and oxygen atoms in total. The molecule has 5 atom stereocenters. The number of carbonyl (C=O) groups is 2. The molecule has 148 valence electrons. The first-order valence-electron chi connectivity index (χ1n) is 8.80. The molecule has 1 aliphatic heterocycles. The fraction of sp³-hybridized carbons (Fsp3) is 0.500. The Balaban J connectivity index is 2.26. The molecule has 0 bridgehead atoms. The molecule has 0 unspecified atom stereocenters. The molecule has 27 heavy (non-hydrogen) atoms. The Morgan fingerprint density at radius 3 is 2.30 bits per heavy atom. The van der Waals surface area contributed by atoms with Crippen molar-refractivity contribution in [3.63, 3.8) is 0 Å². The van der Waals surface area contributed by atoms with E-state index in [1.165, 1.54) is 13.8 Å². The lowest BCUT2D eigenvalue weighted by atomic mass is 9.98. The maximum Gasteiger partial charge on any atom is 0.305 e. The van der Waals surface area contributed by atoms with Crippen molar-refractivity contribution >= 4 is 11.9 Å². The average molecular weight is 378 g/mol. The fourth-order valence-electron chi connectivity index (χ4n) is 2.91. The molecule has 1 aromatic rings. The van der Waals surface area contributed by atoms with Gasteiger partial charge in [-0.1, -0.05) is 36.4 Å². The van der Waals surface area contributed by atoms with Crippen LogP contribution in [0, 0.1) is 0 Å². The minimum absolute atomic E-state index is 0.272. The van der Waals surface area contributed by atoms with Gasteiger partial charge in [-0.3, -0.25) is 9.59 Å². The summed E-state index contributed by atoms with van der Waals surface area (Å²) in [6.07, 6.45) is -2.11. The van der Waals surface area contributed by atoms with Crippen molar-refractivity contribution in [3.8, 4) is 0 Å². The van der Waals surface area contributed by atoms with Crippen LogP contribution in [-0.4, -0.2) is 49.3 Å². The summed E-state index contributed by atoms with van der Waals surface area (Å²) in [6, 6.07) is 9.57. The summed E-state index contributed by atoms with van der Waals surface area (Å²) < 4.78 is 28.2. The van der Waals surface area contributed by atoms with Gasteiger partial charge in [0.15, 0.2) is 6.10 Å². The van der Waals surface area contributed by atoms with Gasteiger partial charge < -0.3 is 23.7 Å². The van der Waals surface area contributed by atoms with Crippen LogP contribution < -0.4 is 0 Å². The molecule has 1 aliphatic rings. The summed E-state index contributed by atoms with van der Waals surface area (Å²) in [7, 11) is 0. The van der Waals surface area contributed by atoms with Crippen LogP contribution in [0.25, 0.3) is 0 Å². The van der Waals surface area contributed by atoms with Crippen LogP contribution in [0.4, 0.5) is 0 Å². The van der Waals surface area contributed by atoms with Gasteiger partial charge in [-0.15, -0.1) is 6.58 Å². The summed E-state index contributed by atoms with van der Waals surface area (Å²) in [5.41, 5.74) is 0.949. The first kappa shape index (κ1) is 21.1. The van der Waals surface area contributed by atoms with Crippen molar-refractivity contribution in [3.05, 3.63) is 48.6 Å². The van der Waals surface area contributed by atoms with Crippen LogP contribution in [0.15, 0.2) is 43.0 Å². The van der Waals surface area contributed by atoms with E-state index in [9.17, 15) is 9.59 Å². The third-order valence-electron chi connectivity index (χ3n) is 4.00. The summed E-state index contributed by atoms with van der Waals surface area (Å²) in [5, 5.41) is 0. The van der Waals surface area contributed by atoms with Crippen molar-refractivity contribution in [1.29, 1.82) is 0 Å². The monoisotopic (exact) mass is 378 g/mol. The van der Waals surface area contributed by atoms with Crippen LogP contribution in [-0.2, 0) is 39.9 Å². The Morgan fingerprint density at radius 1 is 1.04 bits per heavy atom. The summed E-state index contributed by atoms with van der Waals surface area (Å²) >= 11 is 0. The number of hydrogen-bond donors (Lipinski definition) is 0. The molecule has 0 radical (unpaired) electrons. The number of ether oxygens (including phenoxy) is 5. The van der Waals surface area contributed by atoms with Crippen molar-refractivity contribution in [2.45, 2.75) is 58.1 Å². The fourth-order valence-corrected chi connectivity index (χ4v) is 2.91. The lowest BCUT2D eigenvalue weighted by Crippen LogP contribution is -2.60. The molecule has 1 aromatic carbocycles. The number of benzene rings is 1. The maximum atomic E-state index is 11.6. The molecular weight excluding hydrogens is 352 g/mol. The van der Waals surface area contributed by atoms with Crippen molar-refractivity contribution in [2.24, 2.45) is 0 Å². The molecule has 1 heterocycles. The molecule has 2 rings (SSSR count). The van der Waals surface area contributed by atoms with Crippen molar-refractivity contribution in [2.75, 3.05) is 6.61 Å². The predicted molar refractivity (Wildman–Crippen MR) is 96.6 cm³/mol. The van der Waals surface area contributed by atoms with Crippen molar-refractivity contribution in [1.82, 2.24) is 0 Å². The summed E-state index contributed by atoms with van der Waals surface area (Å²) in [4.78, 5) is 23.1. The zero-order valence-electron chi connectivity index (χ0n) is 15.8. The highest BCUT2D eigenvalue weighted by Crippen LogP contribution is 2.29. The van der Waals surface area contributed by atoms with Gasteiger partial charge in [-0.05, 0) is 12.5 Å². The SMILES string of the molecule is C=CCO[C@@H]1[C@@H](OCc2ccccc2)[C@@H](OC(C)=O)[C@H](OC(C)=O)O[C@H]1C. The molecule has 0 N–H and O–H groups in total. The highest BCUT2D eigenvalue weighted by atomic mass is 16.7. The van der Waals surface area contributed by atoms with Gasteiger partial charge in [-0.25, -0.2) is 0 Å². The van der Waals surface area contributed by atoms with E-state index in [2.05, 4.69) is 6.58 Å². The standard InChI is InChI=1S/C20H26O7/c1-5-11-23-17-13(2)25-20(27-15(4)22)19(26-14(3)21)18(17)24-12-16-9-7-6-8-10-16/h5-10,13,17-20H,1,11-12H2,2-4H3/t13-,17-,18+,19+,20-/m0/s1. The van der Waals surface area contributed by atoms with Crippen LogP contribution in [0.3, 0.4) is 0 Å². The van der Waals surface area contributed by atoms with Crippen LogP contribution >= 0.6 is 0 Å². The van der Waals surface area contributed by atoms with E-state index in [1.54, 1.807) is 13.0 Å². The van der Waals surface area contributed by atoms with E-state index in [0.29, 0.717) is 0 Å². The molecule has 1 saturated heterocycles. The number of rotatable bonds is 8. The Bertz CT molecular complexity index is 630. The molecule has 0 saturated carbocycles. The van der Waals surface area contributed by atoms with Gasteiger partial charge in [0, 0.05) is 13.8 Å². The van der Waals surface area contributed by atoms with Crippen LogP contribution in [0.1, 0.15) is 26.3 Å². The quantitative estimate of drug-likeness (QED) is 0.507. The van der Waals surface area contributed by atoms with Crippen LogP contribution in [0.2, 0.25) is 0 Å². The first-order valence-corrected chi connectivity index (χ1v) is 8.80. The molecular formula is C20H26O7. The normalized spacial score (nSPS) is 27.6. The largest absolute Gasteiger partial charge is 0.453 e. The number of carbonyl (C=O) groups excluding carboxylic acids is 2. The summed E-state index contributed by atoms with van der Waals surface area (Å²) in [5.74, 6) is -1.08. The predicted octanol–water partition coefficient (Wildman–Crippen LogP) is 2.38. The Labute approximate surface area is 159 Å². The maximum absolute atomic E-state index is 11.6. The minimum Gasteiger partial charge on any atom is -0.453 e. The molecule has 0 aromatic heterocycles. The van der Waals surface area contributed by atoms with Crippen LogP contribution in [0.5, 0.6) is 0 Å². The highest BCUT2D eigenvalue weighted by Gasteiger charge is 2.49. The number of hydrogen-bond acceptors (Lipinski definition) is 7. The second kappa shape index (κ2) is 10.2. The molecule has 1 fully saturated rings. The Kier molecular flexibility index (Phi) is 7.97. The van der Waals surface area contributed by atoms with Gasteiger partial charge in [0.2, 0.25) is 6.29 Å². The Morgan fingerprint density at radius 2 is 1.70 bits per heavy atom. The zero-order valence-corrected chi connectivity index (χ0v) is 15.8. The van der Waals surface area contributed by atoms with E-state index >= 15 is 0 Å². The lowest BCUT2D eigenvalue weighted by molar-refractivity contribution is -0.301. The second-order valence-electron chi connectivity index (χ2n) is 6.24. The van der Waals surface area contributed by atoms with E-state index in [1.807, 2.05) is 30.3 Å². The molecule has 0 aliphatic carbocycles. The van der Waals surface area contributed by atoms with Gasteiger partial charge >= 0.3 is 11.9 Å². The van der Waals surface area contributed by atoms with Crippen molar-refractivity contribution < 1.29 is 33.3 Å². The first-order chi connectivity index (χ1) is 12.9. The zero-order chi connectivity index (χ0) is 19.8. The van der Waals surface area contributed by atoms with Gasteiger partial charge in [0.05, 0.1) is 19.3 Å². The van der Waals surface area contributed by atoms with Gasteiger partial charge in [-0.2, -0.15) is 0 Å². The number of esters is 2. The molecule has 0 amide bonds. The Hall–Kier alpha value is -2.22. The van der Waals surface area contributed by atoms with Gasteiger partial charge in [0.1, 0.15) is 12.2 Å². The van der Waals surface area contributed by atoms with E-state index < -0.39 is 42.6 Å². The van der Waals surface area contributed by atoms with E-state index in [0.717, 1.165) is 5.56 Å². The smallest absolute Gasteiger partial charge is 0.305 e. The molecule has 0 spiro atoms. The highest BCUT2D eigenvalue weighted by molar-refractivity contribution is 5.67. The lowest BCUT2D eigenvalue weighted by Gasteiger charge is -2.43. The van der Waals surface area contributed by atoms with E-state index in [4.69, 9.17) is 23.7 Å². The topological polar surface area (TPSA) is 80.3 Å². The minimum atomic E-state index is -1.08. The second-order valence-corrected chi connectivity index (χ2v) is 6.24. The third-order valence-corrected chi connectivity index (χ3v) is 4.00. The van der Waals surface area contributed by atoms with Gasteiger partial charge in [0.25, 0.3) is 0 Å². The molecule has 7 heteroatoms. The average Bonchev–Trinajstić information content (AvgIpc) is 2.61.